The normalized spacial score (nSPS) is 10.2. The van der Waals surface area contributed by atoms with Crippen LogP contribution in [0.1, 0.15) is 43.9 Å². The number of unbranched alkanes of at least 4 members (excludes halogenated alkanes) is 1. The molecule has 0 unspecified atom stereocenters. The zero-order chi connectivity index (χ0) is 16.2. The number of carbonyl (C=O) groups excluding carboxylic acids is 1. The summed E-state index contributed by atoms with van der Waals surface area (Å²) in [5.74, 6) is 0. The summed E-state index contributed by atoms with van der Waals surface area (Å²) in [5.41, 5.74) is 2.70. The summed E-state index contributed by atoms with van der Waals surface area (Å²) < 4.78 is 0. The van der Waals surface area contributed by atoms with Gasteiger partial charge in [-0.15, -0.1) is 0 Å². The fourth-order valence-electron chi connectivity index (χ4n) is 2.27. The Morgan fingerprint density at radius 3 is 1.64 bits per heavy atom. The Morgan fingerprint density at radius 2 is 1.36 bits per heavy atom. The standard InChI is InChI=1S/C16H19N.C4H8O/c1-3-17(2)16(14-10-6-4-7-11-14)15-12-8-5-9-13-15;1-2-3-4-5/h4-13,16H,3H2,1-2H3;4H,2-3H2,1H3. The van der Waals surface area contributed by atoms with Gasteiger partial charge in [-0.2, -0.15) is 0 Å². The van der Waals surface area contributed by atoms with Crippen molar-refractivity contribution >= 4 is 6.29 Å². The van der Waals surface area contributed by atoms with Crippen molar-refractivity contribution in [3.05, 3.63) is 71.8 Å². The number of carbonyl (C=O) groups is 1. The number of aldehydes is 1. The number of hydrogen-bond donors (Lipinski definition) is 0. The van der Waals surface area contributed by atoms with Gasteiger partial charge in [0.25, 0.3) is 0 Å². The lowest BCUT2D eigenvalue weighted by atomic mass is 9.97. The predicted molar refractivity (Wildman–Crippen MR) is 94.0 cm³/mol. The second kappa shape index (κ2) is 10.7. The van der Waals surface area contributed by atoms with E-state index in [0.717, 1.165) is 19.3 Å². The number of rotatable bonds is 6. The van der Waals surface area contributed by atoms with E-state index in [1.165, 1.54) is 11.1 Å². The van der Waals surface area contributed by atoms with Crippen molar-refractivity contribution in [2.24, 2.45) is 0 Å². The molecule has 0 N–H and O–H groups in total. The molecule has 2 nitrogen and oxygen atoms in total. The SMILES string of the molecule is CCCC=O.CCN(C)C(c1ccccc1)c1ccccc1. The third-order valence-corrected chi connectivity index (χ3v) is 3.58. The lowest BCUT2D eigenvalue weighted by molar-refractivity contribution is -0.107. The Balaban J connectivity index is 0.000000422. The molecule has 0 amide bonds. The lowest BCUT2D eigenvalue weighted by Crippen LogP contribution is -2.25. The molecule has 0 aliphatic heterocycles. The van der Waals surface area contributed by atoms with Crippen molar-refractivity contribution < 1.29 is 4.79 Å². The number of benzene rings is 2. The van der Waals surface area contributed by atoms with Gasteiger partial charge in [0.15, 0.2) is 0 Å². The molecule has 2 aromatic rings. The minimum Gasteiger partial charge on any atom is -0.303 e. The summed E-state index contributed by atoms with van der Waals surface area (Å²) >= 11 is 0. The van der Waals surface area contributed by atoms with Gasteiger partial charge < -0.3 is 4.79 Å². The Morgan fingerprint density at radius 1 is 0.909 bits per heavy atom. The minimum absolute atomic E-state index is 0.349. The predicted octanol–water partition coefficient (Wildman–Crippen LogP) is 4.71. The minimum atomic E-state index is 0.349. The maximum absolute atomic E-state index is 9.40. The monoisotopic (exact) mass is 297 g/mol. The second-order valence-corrected chi connectivity index (χ2v) is 5.25. The van der Waals surface area contributed by atoms with Crippen LogP contribution in [0.15, 0.2) is 60.7 Å². The highest BCUT2D eigenvalue weighted by Crippen LogP contribution is 2.26. The van der Waals surface area contributed by atoms with Gasteiger partial charge in [0, 0.05) is 6.42 Å². The van der Waals surface area contributed by atoms with Crippen LogP contribution in [0.2, 0.25) is 0 Å². The maximum Gasteiger partial charge on any atom is 0.119 e. The molecular weight excluding hydrogens is 270 g/mol. The fourth-order valence-corrected chi connectivity index (χ4v) is 2.27. The van der Waals surface area contributed by atoms with Crippen molar-refractivity contribution in [3.63, 3.8) is 0 Å². The van der Waals surface area contributed by atoms with E-state index in [2.05, 4.69) is 79.5 Å². The van der Waals surface area contributed by atoms with Gasteiger partial charge in [-0.3, -0.25) is 4.90 Å². The van der Waals surface area contributed by atoms with Gasteiger partial charge in [0.05, 0.1) is 6.04 Å². The molecule has 0 aliphatic carbocycles. The summed E-state index contributed by atoms with van der Waals surface area (Å²) in [6.45, 7) is 5.21. The molecule has 0 saturated carbocycles. The maximum atomic E-state index is 9.40. The van der Waals surface area contributed by atoms with Crippen LogP contribution >= 0.6 is 0 Å². The summed E-state index contributed by atoms with van der Waals surface area (Å²) in [5, 5.41) is 0. The summed E-state index contributed by atoms with van der Waals surface area (Å²) in [6.07, 6.45) is 2.61. The van der Waals surface area contributed by atoms with E-state index in [0.29, 0.717) is 12.5 Å². The van der Waals surface area contributed by atoms with Gasteiger partial charge in [-0.05, 0) is 31.1 Å². The van der Waals surface area contributed by atoms with Crippen LogP contribution in [0.4, 0.5) is 0 Å². The highest BCUT2D eigenvalue weighted by Gasteiger charge is 2.17. The van der Waals surface area contributed by atoms with Crippen LogP contribution in [0.25, 0.3) is 0 Å². The average Bonchev–Trinajstić information content (AvgIpc) is 2.58. The van der Waals surface area contributed by atoms with Crippen molar-refractivity contribution in [2.75, 3.05) is 13.6 Å². The highest BCUT2D eigenvalue weighted by molar-refractivity contribution is 5.48. The third kappa shape index (κ3) is 5.82. The summed E-state index contributed by atoms with van der Waals surface area (Å²) in [7, 11) is 2.17. The van der Waals surface area contributed by atoms with E-state index in [-0.39, 0.29) is 0 Å². The first-order valence-electron chi connectivity index (χ1n) is 7.98. The first-order valence-corrected chi connectivity index (χ1v) is 7.98. The molecule has 22 heavy (non-hydrogen) atoms. The smallest absolute Gasteiger partial charge is 0.119 e. The van der Waals surface area contributed by atoms with Crippen LogP contribution in [0.3, 0.4) is 0 Å². The molecule has 118 valence electrons. The summed E-state index contributed by atoms with van der Waals surface area (Å²) in [4.78, 5) is 11.8. The van der Waals surface area contributed by atoms with E-state index < -0.39 is 0 Å². The molecular formula is C20H27NO. The van der Waals surface area contributed by atoms with E-state index in [9.17, 15) is 4.79 Å². The van der Waals surface area contributed by atoms with E-state index in [1.54, 1.807) is 0 Å². The molecule has 2 rings (SSSR count). The second-order valence-electron chi connectivity index (χ2n) is 5.25. The van der Waals surface area contributed by atoms with Gasteiger partial charge in [-0.25, -0.2) is 0 Å². The highest BCUT2D eigenvalue weighted by atomic mass is 16.1. The Labute approximate surface area is 134 Å². The first kappa shape index (κ1) is 18.1. The van der Waals surface area contributed by atoms with E-state index >= 15 is 0 Å². The van der Waals surface area contributed by atoms with Crippen LogP contribution in [-0.2, 0) is 4.79 Å². The molecule has 2 heteroatoms. The molecule has 0 radical (unpaired) electrons. The fraction of sp³-hybridized carbons (Fsp3) is 0.350. The molecule has 0 saturated heterocycles. The van der Waals surface area contributed by atoms with E-state index in [4.69, 9.17) is 0 Å². The Hall–Kier alpha value is -1.93. The molecule has 0 aliphatic rings. The van der Waals surface area contributed by atoms with Crippen LogP contribution in [0, 0.1) is 0 Å². The number of nitrogens with zero attached hydrogens (tertiary/aromatic N) is 1. The van der Waals surface area contributed by atoms with Crippen LogP contribution in [0.5, 0.6) is 0 Å². The van der Waals surface area contributed by atoms with E-state index in [1.807, 2.05) is 6.92 Å². The Kier molecular flexibility index (Phi) is 8.85. The number of hydrogen-bond acceptors (Lipinski definition) is 2. The molecule has 2 aromatic carbocycles. The largest absolute Gasteiger partial charge is 0.303 e. The molecule has 0 aromatic heterocycles. The van der Waals surface area contributed by atoms with Crippen molar-refractivity contribution in [3.8, 4) is 0 Å². The van der Waals surface area contributed by atoms with Gasteiger partial charge in [-0.1, -0.05) is 74.5 Å². The van der Waals surface area contributed by atoms with Crippen LogP contribution in [-0.4, -0.2) is 24.8 Å². The summed E-state index contributed by atoms with van der Waals surface area (Å²) in [6, 6.07) is 21.7. The van der Waals surface area contributed by atoms with Crippen molar-refractivity contribution in [1.82, 2.24) is 4.90 Å². The quantitative estimate of drug-likeness (QED) is 0.719. The van der Waals surface area contributed by atoms with Gasteiger partial charge >= 0.3 is 0 Å². The lowest BCUT2D eigenvalue weighted by Gasteiger charge is -2.27. The molecule has 0 heterocycles. The van der Waals surface area contributed by atoms with Crippen molar-refractivity contribution in [2.45, 2.75) is 32.7 Å². The molecule has 0 bridgehead atoms. The molecule has 0 fully saturated rings. The first-order chi connectivity index (χ1) is 10.7. The van der Waals surface area contributed by atoms with Crippen LogP contribution < -0.4 is 0 Å². The molecule has 0 atom stereocenters. The average molecular weight is 297 g/mol. The topological polar surface area (TPSA) is 20.3 Å². The Bertz CT molecular complexity index is 470. The van der Waals surface area contributed by atoms with Crippen molar-refractivity contribution in [1.29, 1.82) is 0 Å². The van der Waals surface area contributed by atoms with Gasteiger partial charge in [0.2, 0.25) is 0 Å². The zero-order valence-electron chi connectivity index (χ0n) is 13.9. The van der Waals surface area contributed by atoms with Gasteiger partial charge in [0.1, 0.15) is 6.29 Å². The molecule has 0 spiro atoms. The third-order valence-electron chi connectivity index (χ3n) is 3.58. The zero-order valence-corrected chi connectivity index (χ0v) is 13.9.